The van der Waals surface area contributed by atoms with Gasteiger partial charge in [0.25, 0.3) is 0 Å². The first-order valence-corrected chi connectivity index (χ1v) is 7.81. The number of aryl methyl sites for hydroxylation is 1. The van der Waals surface area contributed by atoms with Crippen molar-refractivity contribution in [1.82, 2.24) is 10.3 Å². The van der Waals surface area contributed by atoms with Crippen LogP contribution in [0.1, 0.15) is 16.3 Å². The van der Waals surface area contributed by atoms with Crippen LogP contribution < -0.4 is 15.4 Å². The number of benzene rings is 1. The molecule has 4 nitrogen and oxygen atoms in total. The molecule has 0 amide bonds. The van der Waals surface area contributed by atoms with Gasteiger partial charge in [0.15, 0.2) is 0 Å². The summed E-state index contributed by atoms with van der Waals surface area (Å²) >= 11 is 1.73. The largest absolute Gasteiger partial charge is 0.489 e. The van der Waals surface area contributed by atoms with Crippen molar-refractivity contribution in [2.24, 2.45) is 0 Å². The minimum absolute atomic E-state index is 0.738. The molecule has 3 rings (SSSR count). The third-order valence-corrected chi connectivity index (χ3v) is 4.28. The van der Waals surface area contributed by atoms with Crippen molar-refractivity contribution in [3.63, 3.8) is 0 Å². The summed E-state index contributed by atoms with van der Waals surface area (Å²) in [6, 6.07) is 6.25. The highest BCUT2D eigenvalue weighted by molar-refractivity contribution is 7.09. The van der Waals surface area contributed by atoms with Gasteiger partial charge in [0, 0.05) is 42.7 Å². The summed E-state index contributed by atoms with van der Waals surface area (Å²) in [5.41, 5.74) is 3.43. The molecule has 1 aromatic heterocycles. The molecule has 0 saturated carbocycles. The maximum atomic E-state index is 5.76. The molecular formula is C15H19N3OS. The van der Waals surface area contributed by atoms with Crippen LogP contribution in [0.2, 0.25) is 0 Å². The van der Waals surface area contributed by atoms with Crippen LogP contribution in [-0.4, -0.2) is 24.7 Å². The molecule has 2 heterocycles. The summed E-state index contributed by atoms with van der Waals surface area (Å²) in [5.74, 6) is 0.997. The number of nitrogens with zero attached hydrogens (tertiary/aromatic N) is 1. The number of fused-ring (bicyclic) bond motifs is 1. The number of hydrogen-bond acceptors (Lipinski definition) is 5. The molecule has 0 fully saturated rings. The minimum Gasteiger partial charge on any atom is -0.489 e. The minimum atomic E-state index is 0.738. The Balaban J connectivity index is 1.53. The molecule has 0 saturated heterocycles. The fourth-order valence-corrected chi connectivity index (χ4v) is 3.08. The monoisotopic (exact) mass is 289 g/mol. The number of aromatic nitrogens is 1. The average molecular weight is 289 g/mol. The lowest BCUT2D eigenvalue weighted by Crippen LogP contribution is -2.21. The normalized spacial score (nSPS) is 13.4. The number of para-hydroxylation sites is 1. The zero-order valence-electron chi connectivity index (χ0n) is 11.6. The molecule has 0 unspecified atom stereocenters. The van der Waals surface area contributed by atoms with Crippen molar-refractivity contribution in [2.45, 2.75) is 19.9 Å². The second-order valence-corrected chi connectivity index (χ2v) is 5.82. The van der Waals surface area contributed by atoms with Crippen molar-refractivity contribution in [3.05, 3.63) is 39.8 Å². The van der Waals surface area contributed by atoms with E-state index in [0.29, 0.717) is 0 Å². The van der Waals surface area contributed by atoms with Crippen LogP contribution in [0.15, 0.2) is 23.6 Å². The molecule has 0 bridgehead atoms. The standard InChI is InChI=1S/C15H19N3OS/c1-11-10-20-14(18-11)5-6-16-9-12-3-2-4-13-15(12)19-8-7-17-13/h2-4,10,16-17H,5-9H2,1H3. The van der Waals surface area contributed by atoms with Crippen LogP contribution in [0.3, 0.4) is 0 Å². The molecule has 1 aromatic carbocycles. The maximum Gasteiger partial charge on any atom is 0.146 e. The van der Waals surface area contributed by atoms with E-state index in [0.717, 1.165) is 49.8 Å². The molecule has 2 N–H and O–H groups in total. The van der Waals surface area contributed by atoms with Crippen LogP contribution in [0, 0.1) is 6.92 Å². The van der Waals surface area contributed by atoms with Crippen LogP contribution in [-0.2, 0) is 13.0 Å². The van der Waals surface area contributed by atoms with Crippen molar-refractivity contribution in [1.29, 1.82) is 0 Å². The zero-order chi connectivity index (χ0) is 13.8. The van der Waals surface area contributed by atoms with E-state index in [9.17, 15) is 0 Å². The van der Waals surface area contributed by atoms with Gasteiger partial charge in [-0.05, 0) is 13.0 Å². The Morgan fingerprint density at radius 1 is 1.45 bits per heavy atom. The van der Waals surface area contributed by atoms with Gasteiger partial charge < -0.3 is 15.4 Å². The molecule has 1 aliphatic rings. The summed E-state index contributed by atoms with van der Waals surface area (Å²) in [5, 5.41) is 10.1. The van der Waals surface area contributed by atoms with E-state index in [1.807, 2.05) is 6.92 Å². The predicted molar refractivity (Wildman–Crippen MR) is 82.7 cm³/mol. The third-order valence-electron chi connectivity index (χ3n) is 3.26. The Bertz CT molecular complexity index is 582. The second kappa shape index (κ2) is 6.24. The van der Waals surface area contributed by atoms with Crippen LogP contribution in [0.5, 0.6) is 5.75 Å². The summed E-state index contributed by atoms with van der Waals surface area (Å²) < 4.78 is 5.76. The predicted octanol–water partition coefficient (Wildman–Crippen LogP) is 2.59. The van der Waals surface area contributed by atoms with E-state index in [2.05, 4.69) is 39.2 Å². The highest BCUT2D eigenvalue weighted by atomic mass is 32.1. The molecule has 0 radical (unpaired) electrons. The number of ether oxygens (including phenoxy) is 1. The highest BCUT2D eigenvalue weighted by Gasteiger charge is 2.13. The van der Waals surface area contributed by atoms with Crippen LogP contribution in [0.4, 0.5) is 5.69 Å². The Morgan fingerprint density at radius 3 is 3.25 bits per heavy atom. The van der Waals surface area contributed by atoms with E-state index >= 15 is 0 Å². The van der Waals surface area contributed by atoms with Gasteiger partial charge in [-0.1, -0.05) is 12.1 Å². The van der Waals surface area contributed by atoms with Gasteiger partial charge in [0.05, 0.1) is 10.7 Å². The number of thiazole rings is 1. The van der Waals surface area contributed by atoms with E-state index in [-0.39, 0.29) is 0 Å². The van der Waals surface area contributed by atoms with Gasteiger partial charge in [-0.15, -0.1) is 11.3 Å². The van der Waals surface area contributed by atoms with Gasteiger partial charge in [0.1, 0.15) is 12.4 Å². The molecule has 0 atom stereocenters. The number of hydrogen-bond donors (Lipinski definition) is 2. The topological polar surface area (TPSA) is 46.2 Å². The lowest BCUT2D eigenvalue weighted by molar-refractivity contribution is 0.319. The van der Waals surface area contributed by atoms with Crippen molar-refractivity contribution >= 4 is 17.0 Å². The second-order valence-electron chi connectivity index (χ2n) is 4.88. The quantitative estimate of drug-likeness (QED) is 0.831. The molecule has 106 valence electrons. The first kappa shape index (κ1) is 13.4. The molecule has 2 aromatic rings. The van der Waals surface area contributed by atoms with Gasteiger partial charge in [-0.25, -0.2) is 4.98 Å². The van der Waals surface area contributed by atoms with E-state index in [4.69, 9.17) is 4.74 Å². The first-order chi connectivity index (χ1) is 9.83. The zero-order valence-corrected chi connectivity index (χ0v) is 12.4. The van der Waals surface area contributed by atoms with E-state index in [1.54, 1.807) is 11.3 Å². The van der Waals surface area contributed by atoms with E-state index in [1.165, 1.54) is 10.6 Å². The van der Waals surface area contributed by atoms with Gasteiger partial charge >= 0.3 is 0 Å². The van der Waals surface area contributed by atoms with Crippen molar-refractivity contribution in [3.8, 4) is 5.75 Å². The first-order valence-electron chi connectivity index (χ1n) is 6.93. The fraction of sp³-hybridized carbons (Fsp3) is 0.400. The Labute approximate surface area is 123 Å². The average Bonchev–Trinajstić information content (AvgIpc) is 2.89. The Hall–Kier alpha value is -1.59. The summed E-state index contributed by atoms with van der Waals surface area (Å²) in [6.45, 7) is 5.42. The molecular weight excluding hydrogens is 270 g/mol. The fourth-order valence-electron chi connectivity index (χ4n) is 2.31. The van der Waals surface area contributed by atoms with Gasteiger partial charge in [0.2, 0.25) is 0 Å². The molecule has 5 heteroatoms. The summed E-state index contributed by atoms with van der Waals surface area (Å²) in [4.78, 5) is 4.47. The number of nitrogens with one attached hydrogen (secondary N) is 2. The summed E-state index contributed by atoms with van der Waals surface area (Å²) in [6.07, 6.45) is 0.979. The van der Waals surface area contributed by atoms with Gasteiger partial charge in [-0.2, -0.15) is 0 Å². The third kappa shape index (κ3) is 3.11. The van der Waals surface area contributed by atoms with Crippen molar-refractivity contribution in [2.75, 3.05) is 25.0 Å². The lowest BCUT2D eigenvalue weighted by Gasteiger charge is -2.21. The number of anilines is 1. The van der Waals surface area contributed by atoms with Crippen molar-refractivity contribution < 1.29 is 4.74 Å². The number of rotatable bonds is 5. The SMILES string of the molecule is Cc1csc(CCNCc2cccc3c2OCCN3)n1. The smallest absolute Gasteiger partial charge is 0.146 e. The lowest BCUT2D eigenvalue weighted by atomic mass is 10.1. The molecule has 1 aliphatic heterocycles. The Morgan fingerprint density at radius 2 is 2.40 bits per heavy atom. The molecule has 0 aliphatic carbocycles. The van der Waals surface area contributed by atoms with Gasteiger partial charge in [-0.3, -0.25) is 0 Å². The maximum absolute atomic E-state index is 5.76. The van der Waals surface area contributed by atoms with E-state index < -0.39 is 0 Å². The summed E-state index contributed by atoms with van der Waals surface area (Å²) in [7, 11) is 0. The van der Waals surface area contributed by atoms with Crippen LogP contribution in [0.25, 0.3) is 0 Å². The Kier molecular flexibility index (Phi) is 4.18. The van der Waals surface area contributed by atoms with Crippen LogP contribution >= 0.6 is 11.3 Å². The highest BCUT2D eigenvalue weighted by Crippen LogP contribution is 2.30. The molecule has 0 spiro atoms. The molecule has 20 heavy (non-hydrogen) atoms.